The normalized spacial score (nSPS) is 12.6. The maximum absolute atomic E-state index is 12.7. The lowest BCUT2D eigenvalue weighted by atomic mass is 10.1. The first kappa shape index (κ1) is 15.0. The van der Waals surface area contributed by atoms with E-state index < -0.39 is 20.9 Å². The van der Waals surface area contributed by atoms with Gasteiger partial charge in [0.25, 0.3) is 0 Å². The summed E-state index contributed by atoms with van der Waals surface area (Å²) in [5.74, 6) is -0.606. The molecule has 1 atom stereocenters. The molecule has 1 N–H and O–H groups in total. The van der Waals surface area contributed by atoms with Gasteiger partial charge in [-0.05, 0) is 35.9 Å². The monoisotopic (exact) mass is 302 g/mol. The Balaban J connectivity index is 2.58. The van der Waals surface area contributed by atoms with E-state index in [1.54, 1.807) is 18.2 Å². The lowest BCUT2D eigenvalue weighted by molar-refractivity contribution is -0.114. The maximum atomic E-state index is 12.7. The van der Waals surface area contributed by atoms with Crippen molar-refractivity contribution in [2.24, 2.45) is 0 Å². The van der Waals surface area contributed by atoms with E-state index >= 15 is 0 Å². The fraction of sp³-hybridized carbons (Fsp3) is 0.0625. The fourth-order valence-electron chi connectivity index (χ4n) is 2.00. The van der Waals surface area contributed by atoms with E-state index in [0.717, 1.165) is 6.08 Å². The molecule has 2 aromatic carbocycles. The van der Waals surface area contributed by atoms with Crippen LogP contribution in [0.5, 0.6) is 5.75 Å². The molecule has 0 spiro atoms. The van der Waals surface area contributed by atoms with Crippen LogP contribution in [-0.2, 0) is 14.6 Å². The van der Waals surface area contributed by atoms with Crippen LogP contribution in [0, 0.1) is 0 Å². The van der Waals surface area contributed by atoms with Crippen LogP contribution in [0.15, 0.2) is 72.1 Å². The van der Waals surface area contributed by atoms with Crippen LogP contribution < -0.4 is 0 Å². The van der Waals surface area contributed by atoms with Crippen molar-refractivity contribution in [3.8, 4) is 5.75 Å². The zero-order valence-electron chi connectivity index (χ0n) is 11.1. The Morgan fingerprint density at radius 2 is 1.62 bits per heavy atom. The Morgan fingerprint density at radius 1 is 1.05 bits per heavy atom. The number of benzene rings is 2. The van der Waals surface area contributed by atoms with E-state index in [1.807, 2.05) is 0 Å². The van der Waals surface area contributed by atoms with E-state index in [1.165, 1.54) is 36.4 Å². The molecule has 1 unspecified atom stereocenters. The number of hydrogen-bond acceptors (Lipinski definition) is 4. The molecule has 108 valence electrons. The van der Waals surface area contributed by atoms with E-state index in [-0.39, 0.29) is 10.6 Å². The summed E-state index contributed by atoms with van der Waals surface area (Å²) >= 11 is 0. The molecule has 2 aromatic rings. The summed E-state index contributed by atoms with van der Waals surface area (Å²) in [4.78, 5) is 12.1. The van der Waals surface area contributed by atoms with Crippen molar-refractivity contribution in [2.45, 2.75) is 10.1 Å². The number of allylic oxidation sites excluding steroid dienone is 1. The summed E-state index contributed by atoms with van der Waals surface area (Å²) in [7, 11) is -3.88. The van der Waals surface area contributed by atoms with Crippen LogP contribution in [0.1, 0.15) is 10.8 Å². The molecule has 0 fully saturated rings. The van der Waals surface area contributed by atoms with Gasteiger partial charge in [0.15, 0.2) is 20.9 Å². The lowest BCUT2D eigenvalue weighted by Crippen LogP contribution is -2.21. The summed E-state index contributed by atoms with van der Waals surface area (Å²) in [5, 5.41) is 7.94. The second-order valence-electron chi connectivity index (χ2n) is 4.44. The number of phenolic OH excluding ortho intramolecular Hbond substituents is 1. The molecule has 2 rings (SSSR count). The first-order chi connectivity index (χ1) is 9.96. The van der Waals surface area contributed by atoms with Crippen LogP contribution in [0.25, 0.3) is 0 Å². The largest absolute Gasteiger partial charge is 0.508 e. The van der Waals surface area contributed by atoms with Gasteiger partial charge in [-0.1, -0.05) is 36.9 Å². The minimum absolute atomic E-state index is 0.000612. The van der Waals surface area contributed by atoms with Crippen LogP contribution in [0.4, 0.5) is 0 Å². The SMILES string of the molecule is C=CC(=O)C(c1ccc(O)cc1)S(=O)(=O)c1ccccc1. The van der Waals surface area contributed by atoms with E-state index in [4.69, 9.17) is 0 Å². The molecule has 0 amide bonds. The van der Waals surface area contributed by atoms with Gasteiger partial charge in [0.05, 0.1) is 4.90 Å². The van der Waals surface area contributed by atoms with Crippen molar-refractivity contribution in [2.75, 3.05) is 0 Å². The molecule has 0 bridgehead atoms. The molecule has 0 heterocycles. The predicted molar refractivity (Wildman–Crippen MR) is 79.7 cm³/mol. The molecule has 0 saturated heterocycles. The number of sulfone groups is 1. The van der Waals surface area contributed by atoms with Crippen LogP contribution >= 0.6 is 0 Å². The number of phenols is 1. The van der Waals surface area contributed by atoms with Gasteiger partial charge in [0.1, 0.15) is 5.75 Å². The molecular formula is C16H14O4S. The summed E-state index contributed by atoms with van der Waals surface area (Å²) in [5.41, 5.74) is 0.293. The Kier molecular flexibility index (Phi) is 4.23. The van der Waals surface area contributed by atoms with Gasteiger partial charge < -0.3 is 5.11 Å². The number of carbonyl (C=O) groups is 1. The second-order valence-corrected chi connectivity index (χ2v) is 6.47. The summed E-state index contributed by atoms with van der Waals surface area (Å²) in [6.07, 6.45) is 0.998. The highest BCUT2D eigenvalue weighted by molar-refractivity contribution is 7.92. The minimum atomic E-state index is -3.88. The molecule has 0 aliphatic carbocycles. The topological polar surface area (TPSA) is 71.4 Å². The van der Waals surface area contributed by atoms with Gasteiger partial charge in [-0.25, -0.2) is 8.42 Å². The standard InChI is InChI=1S/C16H14O4S/c1-2-15(18)16(12-8-10-13(17)11-9-12)21(19,20)14-6-4-3-5-7-14/h2-11,16-17H,1H2. The molecule has 4 nitrogen and oxygen atoms in total. The highest BCUT2D eigenvalue weighted by Crippen LogP contribution is 2.31. The molecule has 0 saturated carbocycles. The van der Waals surface area contributed by atoms with Crippen LogP contribution in [0.2, 0.25) is 0 Å². The third kappa shape index (κ3) is 3.03. The lowest BCUT2D eigenvalue weighted by Gasteiger charge is -2.15. The highest BCUT2D eigenvalue weighted by Gasteiger charge is 2.33. The van der Waals surface area contributed by atoms with E-state index in [2.05, 4.69) is 6.58 Å². The van der Waals surface area contributed by atoms with Gasteiger partial charge in [0.2, 0.25) is 0 Å². The first-order valence-corrected chi connectivity index (χ1v) is 7.75. The highest BCUT2D eigenvalue weighted by atomic mass is 32.2. The zero-order chi connectivity index (χ0) is 15.5. The number of rotatable bonds is 5. The van der Waals surface area contributed by atoms with Crippen molar-refractivity contribution >= 4 is 15.6 Å². The molecule has 5 heteroatoms. The van der Waals surface area contributed by atoms with Crippen molar-refractivity contribution < 1.29 is 18.3 Å². The number of ketones is 1. The van der Waals surface area contributed by atoms with Gasteiger partial charge in [-0.2, -0.15) is 0 Å². The van der Waals surface area contributed by atoms with Crippen LogP contribution in [0.3, 0.4) is 0 Å². The minimum Gasteiger partial charge on any atom is -0.508 e. The first-order valence-electron chi connectivity index (χ1n) is 6.21. The average Bonchev–Trinajstić information content (AvgIpc) is 2.50. The third-order valence-corrected chi connectivity index (χ3v) is 5.09. The Hall–Kier alpha value is -2.40. The van der Waals surface area contributed by atoms with Gasteiger partial charge in [0, 0.05) is 0 Å². The van der Waals surface area contributed by atoms with Crippen LogP contribution in [-0.4, -0.2) is 19.3 Å². The number of carbonyl (C=O) groups excluding carboxylic acids is 1. The van der Waals surface area contributed by atoms with Gasteiger partial charge in [-0.15, -0.1) is 0 Å². The predicted octanol–water partition coefficient (Wildman–Crippen LogP) is 2.66. The molecule has 0 radical (unpaired) electrons. The quantitative estimate of drug-likeness (QED) is 0.862. The summed E-state index contributed by atoms with van der Waals surface area (Å²) in [6.45, 7) is 3.37. The van der Waals surface area contributed by atoms with Crippen molar-refractivity contribution in [3.63, 3.8) is 0 Å². The molecule has 0 aliphatic heterocycles. The molecule has 21 heavy (non-hydrogen) atoms. The smallest absolute Gasteiger partial charge is 0.192 e. The summed E-state index contributed by atoms with van der Waals surface area (Å²) < 4.78 is 25.4. The Morgan fingerprint density at radius 3 is 2.14 bits per heavy atom. The molecule has 0 aliphatic rings. The van der Waals surface area contributed by atoms with E-state index in [0.29, 0.717) is 5.56 Å². The van der Waals surface area contributed by atoms with Crippen molar-refractivity contribution in [1.29, 1.82) is 0 Å². The van der Waals surface area contributed by atoms with E-state index in [9.17, 15) is 18.3 Å². The van der Waals surface area contributed by atoms with Crippen molar-refractivity contribution in [3.05, 3.63) is 72.8 Å². The Bertz CT molecular complexity index is 747. The average molecular weight is 302 g/mol. The Labute approximate surface area is 123 Å². The van der Waals surface area contributed by atoms with Gasteiger partial charge >= 0.3 is 0 Å². The zero-order valence-corrected chi connectivity index (χ0v) is 12.0. The number of hydrogen-bond donors (Lipinski definition) is 1. The van der Waals surface area contributed by atoms with Crippen molar-refractivity contribution in [1.82, 2.24) is 0 Å². The third-order valence-electron chi connectivity index (χ3n) is 3.04. The molecule has 0 aromatic heterocycles. The summed E-state index contributed by atoms with van der Waals surface area (Å²) in [6, 6.07) is 13.3. The van der Waals surface area contributed by atoms with Gasteiger partial charge in [-0.3, -0.25) is 4.79 Å². The maximum Gasteiger partial charge on any atom is 0.192 e. The molecular weight excluding hydrogens is 288 g/mol. The number of aromatic hydroxyl groups is 1. The fourth-order valence-corrected chi connectivity index (χ4v) is 3.72. The second kappa shape index (κ2) is 5.93.